The van der Waals surface area contributed by atoms with Crippen LogP contribution < -0.4 is 0 Å². The zero-order valence-corrected chi connectivity index (χ0v) is 17.0. The molecule has 2 fully saturated rings. The Labute approximate surface area is 159 Å². The maximum atomic E-state index is 11.4. The van der Waals surface area contributed by atoms with Crippen molar-refractivity contribution in [2.24, 2.45) is 0 Å². The number of aliphatic hydroxyl groups excluding tert-OH is 1. The summed E-state index contributed by atoms with van der Waals surface area (Å²) < 4.78 is 5.47. The Hall–Kier alpha value is -0.940. The van der Waals surface area contributed by atoms with Crippen molar-refractivity contribution in [2.45, 2.75) is 57.6 Å². The van der Waals surface area contributed by atoms with Crippen LogP contribution in [-0.2, 0) is 10.2 Å². The molecular weight excluding hydrogens is 324 g/mol. The summed E-state index contributed by atoms with van der Waals surface area (Å²) in [7, 11) is 0. The van der Waals surface area contributed by atoms with E-state index in [2.05, 4.69) is 61.8 Å². The quantitative estimate of drug-likeness (QED) is 0.896. The fourth-order valence-electron chi connectivity index (χ4n) is 4.48. The Morgan fingerprint density at radius 2 is 1.62 bits per heavy atom. The summed E-state index contributed by atoms with van der Waals surface area (Å²) in [6.07, 6.45) is 1.68. The van der Waals surface area contributed by atoms with Gasteiger partial charge in [0.25, 0.3) is 0 Å². The molecule has 4 nitrogen and oxygen atoms in total. The van der Waals surface area contributed by atoms with Crippen LogP contribution in [-0.4, -0.2) is 72.5 Å². The average molecular weight is 361 g/mol. The molecule has 26 heavy (non-hydrogen) atoms. The number of aryl methyl sites for hydroxylation is 1. The van der Waals surface area contributed by atoms with E-state index >= 15 is 0 Å². The molecule has 4 heteroatoms. The Balaban J connectivity index is 1.81. The summed E-state index contributed by atoms with van der Waals surface area (Å²) >= 11 is 0. The van der Waals surface area contributed by atoms with E-state index in [0.29, 0.717) is 0 Å². The first-order valence-electron chi connectivity index (χ1n) is 10.1. The van der Waals surface area contributed by atoms with Gasteiger partial charge in [0.1, 0.15) is 0 Å². The van der Waals surface area contributed by atoms with Crippen LogP contribution >= 0.6 is 0 Å². The van der Waals surface area contributed by atoms with E-state index < -0.39 is 0 Å². The van der Waals surface area contributed by atoms with Crippen LogP contribution in [0, 0.1) is 6.92 Å². The van der Waals surface area contributed by atoms with Crippen LogP contribution in [0.1, 0.15) is 44.7 Å². The highest BCUT2D eigenvalue weighted by molar-refractivity contribution is 5.31. The van der Waals surface area contributed by atoms with Crippen LogP contribution in [0.3, 0.4) is 0 Å². The Morgan fingerprint density at radius 1 is 1.04 bits per heavy atom. The highest BCUT2D eigenvalue weighted by atomic mass is 16.5. The third-order valence-electron chi connectivity index (χ3n) is 6.40. The third kappa shape index (κ3) is 4.30. The summed E-state index contributed by atoms with van der Waals surface area (Å²) in [6.45, 7) is 15.2. The number of nitrogens with zero attached hydrogens (tertiary/aromatic N) is 2. The summed E-state index contributed by atoms with van der Waals surface area (Å²) in [5.74, 6) is 0. The van der Waals surface area contributed by atoms with E-state index in [4.69, 9.17) is 4.74 Å². The first kappa shape index (κ1) is 19.8. The van der Waals surface area contributed by atoms with Crippen LogP contribution in [0.25, 0.3) is 0 Å². The standard InChI is InChI=1S/C22H36N2O2/c1-18-5-7-19(8-6-18)22(9-11-24(12-10-22)21(2,3)4)20(25)17-23-13-15-26-16-14-23/h5-8,20,25H,9-17H2,1-4H3. The molecule has 0 bridgehead atoms. The Bertz CT molecular complexity index is 565. The number of hydrogen-bond acceptors (Lipinski definition) is 4. The van der Waals surface area contributed by atoms with Crippen LogP contribution in [0.4, 0.5) is 0 Å². The molecule has 1 aromatic rings. The second-order valence-electron chi connectivity index (χ2n) is 9.11. The molecule has 3 rings (SSSR count). The highest BCUT2D eigenvalue weighted by Crippen LogP contribution is 2.40. The van der Waals surface area contributed by atoms with Gasteiger partial charge in [0.2, 0.25) is 0 Å². The largest absolute Gasteiger partial charge is 0.391 e. The first-order valence-corrected chi connectivity index (χ1v) is 10.1. The minimum atomic E-state index is -0.342. The molecule has 1 aromatic carbocycles. The van der Waals surface area contributed by atoms with Crippen LogP contribution in [0.5, 0.6) is 0 Å². The van der Waals surface area contributed by atoms with E-state index in [9.17, 15) is 5.11 Å². The summed E-state index contributed by atoms with van der Waals surface area (Å²) in [4.78, 5) is 4.92. The fourth-order valence-corrected chi connectivity index (χ4v) is 4.48. The van der Waals surface area contributed by atoms with Crippen molar-refractivity contribution < 1.29 is 9.84 Å². The monoisotopic (exact) mass is 360 g/mol. The second-order valence-corrected chi connectivity index (χ2v) is 9.11. The van der Waals surface area contributed by atoms with E-state index in [1.54, 1.807) is 0 Å². The molecule has 2 aliphatic heterocycles. The van der Waals surface area contributed by atoms with Crippen molar-refractivity contribution in [3.63, 3.8) is 0 Å². The highest BCUT2D eigenvalue weighted by Gasteiger charge is 2.44. The van der Waals surface area contributed by atoms with Crippen LogP contribution in [0.2, 0.25) is 0 Å². The number of likely N-dealkylation sites (tertiary alicyclic amines) is 1. The number of hydrogen-bond donors (Lipinski definition) is 1. The second kappa shape index (κ2) is 7.97. The normalized spacial score (nSPS) is 23.7. The van der Waals surface area contributed by atoms with Gasteiger partial charge in [0, 0.05) is 30.6 Å². The molecule has 0 radical (unpaired) electrons. The van der Waals surface area contributed by atoms with Crippen molar-refractivity contribution >= 4 is 0 Å². The number of aliphatic hydroxyl groups is 1. The van der Waals surface area contributed by atoms with Gasteiger partial charge in [-0.2, -0.15) is 0 Å². The van der Waals surface area contributed by atoms with Crippen molar-refractivity contribution in [1.29, 1.82) is 0 Å². The molecule has 146 valence electrons. The summed E-state index contributed by atoms with van der Waals surface area (Å²) in [6, 6.07) is 8.86. The van der Waals surface area contributed by atoms with Crippen molar-refractivity contribution in [3.8, 4) is 0 Å². The van der Waals surface area contributed by atoms with E-state index in [1.807, 2.05) is 0 Å². The Morgan fingerprint density at radius 3 is 2.15 bits per heavy atom. The lowest BCUT2D eigenvalue weighted by Gasteiger charge is -2.49. The van der Waals surface area contributed by atoms with Gasteiger partial charge in [-0.1, -0.05) is 29.8 Å². The maximum Gasteiger partial charge on any atom is 0.0764 e. The predicted molar refractivity (Wildman–Crippen MR) is 107 cm³/mol. The van der Waals surface area contributed by atoms with Gasteiger partial charge in [-0.05, 0) is 59.2 Å². The number of β-amino-alcohol motifs (C(OH)–C–C–N with tert-alkyl or cyclic N) is 1. The van der Waals surface area contributed by atoms with Gasteiger partial charge in [-0.25, -0.2) is 0 Å². The molecule has 2 saturated heterocycles. The van der Waals surface area contributed by atoms with Crippen molar-refractivity contribution in [2.75, 3.05) is 45.9 Å². The molecular formula is C22H36N2O2. The topological polar surface area (TPSA) is 35.9 Å². The zero-order chi connectivity index (χ0) is 18.8. The molecule has 1 atom stereocenters. The average Bonchev–Trinajstić information content (AvgIpc) is 2.62. The molecule has 1 unspecified atom stereocenters. The van der Waals surface area contributed by atoms with Gasteiger partial charge in [0.05, 0.1) is 19.3 Å². The minimum absolute atomic E-state index is 0.145. The number of ether oxygens (including phenoxy) is 1. The van der Waals surface area contributed by atoms with Crippen molar-refractivity contribution in [1.82, 2.24) is 9.80 Å². The molecule has 0 amide bonds. The molecule has 0 aromatic heterocycles. The summed E-state index contributed by atoms with van der Waals surface area (Å²) in [5.41, 5.74) is 2.62. The lowest BCUT2D eigenvalue weighted by atomic mass is 9.68. The molecule has 0 aliphatic carbocycles. The fraction of sp³-hybridized carbons (Fsp3) is 0.727. The van der Waals surface area contributed by atoms with Crippen LogP contribution in [0.15, 0.2) is 24.3 Å². The minimum Gasteiger partial charge on any atom is -0.391 e. The summed E-state index contributed by atoms with van der Waals surface area (Å²) in [5, 5.41) is 11.4. The van der Waals surface area contributed by atoms with E-state index in [1.165, 1.54) is 11.1 Å². The smallest absolute Gasteiger partial charge is 0.0764 e. The third-order valence-corrected chi connectivity index (χ3v) is 6.40. The molecule has 2 heterocycles. The molecule has 1 N–H and O–H groups in total. The SMILES string of the molecule is Cc1ccc(C2(C(O)CN3CCOCC3)CCN(C(C)(C)C)CC2)cc1. The molecule has 0 saturated carbocycles. The lowest BCUT2D eigenvalue weighted by molar-refractivity contribution is -0.0319. The number of piperidine rings is 1. The number of morpholine rings is 1. The Kier molecular flexibility index (Phi) is 6.07. The number of benzene rings is 1. The number of rotatable bonds is 4. The molecule has 0 spiro atoms. The van der Waals surface area contributed by atoms with Gasteiger partial charge in [-0.15, -0.1) is 0 Å². The van der Waals surface area contributed by atoms with Gasteiger partial charge < -0.3 is 9.84 Å². The predicted octanol–water partition coefficient (Wildman–Crippen LogP) is 2.82. The van der Waals surface area contributed by atoms with E-state index in [0.717, 1.165) is 58.8 Å². The lowest BCUT2D eigenvalue weighted by Crippen LogP contribution is -2.56. The van der Waals surface area contributed by atoms with E-state index in [-0.39, 0.29) is 17.1 Å². The van der Waals surface area contributed by atoms with Crippen molar-refractivity contribution in [3.05, 3.63) is 35.4 Å². The van der Waals surface area contributed by atoms with Gasteiger partial charge in [-0.3, -0.25) is 9.80 Å². The maximum absolute atomic E-state index is 11.4. The van der Waals surface area contributed by atoms with Gasteiger partial charge >= 0.3 is 0 Å². The first-order chi connectivity index (χ1) is 12.3. The molecule has 2 aliphatic rings. The zero-order valence-electron chi connectivity index (χ0n) is 17.0. The van der Waals surface area contributed by atoms with Gasteiger partial charge in [0.15, 0.2) is 0 Å².